The van der Waals surface area contributed by atoms with Gasteiger partial charge in [0, 0.05) is 17.4 Å². The minimum absolute atomic E-state index is 0.155. The first-order valence-corrected chi connectivity index (χ1v) is 8.31. The summed E-state index contributed by atoms with van der Waals surface area (Å²) >= 11 is 11.8. The van der Waals surface area contributed by atoms with Crippen LogP contribution < -0.4 is 10.6 Å². The van der Waals surface area contributed by atoms with Gasteiger partial charge >= 0.3 is 0 Å². The molecule has 0 fully saturated rings. The molecule has 5 nitrogen and oxygen atoms in total. The van der Waals surface area contributed by atoms with Crippen LogP contribution in [0.3, 0.4) is 0 Å². The minimum Gasteiger partial charge on any atom is -0.340 e. The van der Waals surface area contributed by atoms with Crippen molar-refractivity contribution >= 4 is 46.3 Å². The Balaban J connectivity index is 1.82. The average molecular weight is 391 g/mol. The molecule has 3 rings (SSSR count). The molecule has 2 aromatic carbocycles. The summed E-state index contributed by atoms with van der Waals surface area (Å²) in [6.45, 7) is 1.66. The Labute approximate surface area is 159 Å². The zero-order valence-corrected chi connectivity index (χ0v) is 15.1. The summed E-state index contributed by atoms with van der Waals surface area (Å²) in [5, 5.41) is 6.37. The Morgan fingerprint density at radius 1 is 1.00 bits per heavy atom. The fourth-order valence-corrected chi connectivity index (χ4v) is 2.53. The number of benzene rings is 2. The third-order valence-electron chi connectivity index (χ3n) is 3.35. The third kappa shape index (κ3) is 4.47. The number of nitrogens with one attached hydrogen (secondary N) is 2. The van der Waals surface area contributed by atoms with Crippen molar-refractivity contribution in [1.82, 2.24) is 9.97 Å². The molecule has 3 aromatic rings. The second kappa shape index (κ2) is 7.68. The van der Waals surface area contributed by atoms with Crippen LogP contribution in [0.5, 0.6) is 0 Å². The van der Waals surface area contributed by atoms with Gasteiger partial charge in [-0.2, -0.15) is 0 Å². The Morgan fingerprint density at radius 3 is 2.54 bits per heavy atom. The maximum atomic E-state index is 13.3. The van der Waals surface area contributed by atoms with Crippen LogP contribution in [0, 0.1) is 12.7 Å². The van der Waals surface area contributed by atoms with Gasteiger partial charge in [-0.05, 0) is 43.3 Å². The van der Waals surface area contributed by atoms with Crippen molar-refractivity contribution in [2.45, 2.75) is 6.92 Å². The summed E-state index contributed by atoms with van der Waals surface area (Å²) in [6.07, 6.45) is 0. The van der Waals surface area contributed by atoms with Crippen molar-refractivity contribution in [1.29, 1.82) is 0 Å². The van der Waals surface area contributed by atoms with Gasteiger partial charge in [-0.1, -0.05) is 29.3 Å². The lowest BCUT2D eigenvalue weighted by molar-refractivity contribution is 0.102. The summed E-state index contributed by atoms with van der Waals surface area (Å²) in [6, 6.07) is 12.2. The van der Waals surface area contributed by atoms with E-state index in [-0.39, 0.29) is 11.5 Å². The van der Waals surface area contributed by atoms with E-state index in [9.17, 15) is 9.18 Å². The predicted octanol–water partition coefficient (Wildman–Crippen LogP) is 5.23. The molecule has 132 valence electrons. The molecule has 26 heavy (non-hydrogen) atoms. The smallest absolute Gasteiger partial charge is 0.274 e. The Bertz CT molecular complexity index is 981. The molecule has 0 aliphatic heterocycles. The number of halogens is 3. The molecule has 0 aliphatic carbocycles. The number of anilines is 3. The van der Waals surface area contributed by atoms with Crippen molar-refractivity contribution in [3.63, 3.8) is 0 Å². The van der Waals surface area contributed by atoms with E-state index in [1.165, 1.54) is 18.2 Å². The van der Waals surface area contributed by atoms with Crippen molar-refractivity contribution in [2.75, 3.05) is 10.6 Å². The van der Waals surface area contributed by atoms with Gasteiger partial charge in [0.25, 0.3) is 5.91 Å². The van der Waals surface area contributed by atoms with Crippen LogP contribution in [-0.2, 0) is 0 Å². The van der Waals surface area contributed by atoms with Crippen LogP contribution in [0.1, 0.15) is 16.3 Å². The molecule has 0 saturated carbocycles. The van der Waals surface area contributed by atoms with Gasteiger partial charge in [0.15, 0.2) is 0 Å². The lowest BCUT2D eigenvalue weighted by Crippen LogP contribution is -2.15. The molecule has 0 aliphatic rings. The zero-order chi connectivity index (χ0) is 18.7. The van der Waals surface area contributed by atoms with Crippen LogP contribution in [0.2, 0.25) is 10.0 Å². The summed E-state index contributed by atoms with van der Waals surface area (Å²) in [4.78, 5) is 20.8. The van der Waals surface area contributed by atoms with E-state index < -0.39 is 5.91 Å². The van der Waals surface area contributed by atoms with Gasteiger partial charge in [0.05, 0.1) is 10.0 Å². The molecule has 1 amide bonds. The normalized spacial score (nSPS) is 10.5. The largest absolute Gasteiger partial charge is 0.340 e. The first-order valence-electron chi connectivity index (χ1n) is 7.55. The molecule has 0 spiro atoms. The number of amides is 1. The highest BCUT2D eigenvalue weighted by Gasteiger charge is 2.12. The maximum absolute atomic E-state index is 13.3. The molecule has 2 N–H and O–H groups in total. The molecule has 0 radical (unpaired) electrons. The van der Waals surface area contributed by atoms with Gasteiger partial charge in [0.2, 0.25) is 0 Å². The number of hydrogen-bond donors (Lipinski definition) is 2. The summed E-state index contributed by atoms with van der Waals surface area (Å²) in [5.74, 6) is -0.0392. The summed E-state index contributed by atoms with van der Waals surface area (Å²) in [5.41, 5.74) is 1.15. The van der Waals surface area contributed by atoms with E-state index in [1.54, 1.807) is 37.3 Å². The highest BCUT2D eigenvalue weighted by molar-refractivity contribution is 6.42. The number of hydrogen-bond acceptors (Lipinski definition) is 4. The van der Waals surface area contributed by atoms with Crippen molar-refractivity contribution in [3.05, 3.63) is 75.9 Å². The van der Waals surface area contributed by atoms with Gasteiger partial charge in [-0.3, -0.25) is 4.79 Å². The maximum Gasteiger partial charge on any atom is 0.274 e. The molecule has 1 heterocycles. The fourth-order valence-electron chi connectivity index (χ4n) is 2.23. The molecule has 1 aromatic heterocycles. The fraction of sp³-hybridized carbons (Fsp3) is 0.0556. The minimum atomic E-state index is -0.434. The molecule has 0 saturated heterocycles. The van der Waals surface area contributed by atoms with Crippen molar-refractivity contribution in [2.24, 2.45) is 0 Å². The van der Waals surface area contributed by atoms with Gasteiger partial charge < -0.3 is 10.6 Å². The Kier molecular flexibility index (Phi) is 5.35. The van der Waals surface area contributed by atoms with Gasteiger partial charge in [0.1, 0.15) is 23.2 Å². The SMILES string of the molecule is Cc1nc(Nc2cccc(F)c2)cc(C(=O)Nc2ccc(Cl)c(Cl)c2)n1. The molecule has 0 atom stereocenters. The first-order chi connectivity index (χ1) is 12.4. The lowest BCUT2D eigenvalue weighted by atomic mass is 10.2. The Morgan fingerprint density at radius 2 is 1.81 bits per heavy atom. The number of aryl methyl sites for hydroxylation is 1. The van der Waals surface area contributed by atoms with Crippen LogP contribution >= 0.6 is 23.2 Å². The van der Waals surface area contributed by atoms with Crippen molar-refractivity contribution in [3.8, 4) is 0 Å². The van der Waals surface area contributed by atoms with E-state index in [0.717, 1.165) is 0 Å². The second-order valence-corrected chi connectivity index (χ2v) is 6.22. The standard InChI is InChI=1S/C18H13Cl2FN4O/c1-10-22-16(18(26)25-13-5-6-14(19)15(20)8-13)9-17(23-10)24-12-4-2-3-11(21)7-12/h2-9H,1H3,(H,25,26)(H,22,23,24). The number of rotatable bonds is 4. The zero-order valence-electron chi connectivity index (χ0n) is 13.6. The monoisotopic (exact) mass is 390 g/mol. The Hall–Kier alpha value is -2.70. The van der Waals surface area contributed by atoms with E-state index in [2.05, 4.69) is 20.6 Å². The topological polar surface area (TPSA) is 66.9 Å². The molecule has 0 bridgehead atoms. The lowest BCUT2D eigenvalue weighted by Gasteiger charge is -2.10. The molecular weight excluding hydrogens is 378 g/mol. The average Bonchev–Trinajstić information content (AvgIpc) is 2.57. The molecular formula is C18H13Cl2FN4O. The number of nitrogens with zero attached hydrogens (tertiary/aromatic N) is 2. The quantitative estimate of drug-likeness (QED) is 0.640. The van der Waals surface area contributed by atoms with E-state index in [1.807, 2.05) is 0 Å². The van der Waals surface area contributed by atoms with Crippen LogP contribution in [0.25, 0.3) is 0 Å². The third-order valence-corrected chi connectivity index (χ3v) is 4.08. The van der Waals surface area contributed by atoms with Gasteiger partial charge in [-0.25, -0.2) is 14.4 Å². The molecule has 8 heteroatoms. The molecule has 0 unspecified atom stereocenters. The van der Waals surface area contributed by atoms with Crippen LogP contribution in [0.15, 0.2) is 48.5 Å². The first kappa shape index (κ1) is 18.1. The summed E-state index contributed by atoms with van der Waals surface area (Å²) < 4.78 is 13.3. The summed E-state index contributed by atoms with van der Waals surface area (Å²) in [7, 11) is 0. The van der Waals surface area contributed by atoms with E-state index in [4.69, 9.17) is 23.2 Å². The van der Waals surface area contributed by atoms with Crippen LogP contribution in [-0.4, -0.2) is 15.9 Å². The van der Waals surface area contributed by atoms with E-state index >= 15 is 0 Å². The number of carbonyl (C=O) groups excluding carboxylic acids is 1. The number of carbonyl (C=O) groups is 1. The highest BCUT2D eigenvalue weighted by atomic mass is 35.5. The van der Waals surface area contributed by atoms with E-state index in [0.29, 0.717) is 33.1 Å². The predicted molar refractivity (Wildman–Crippen MR) is 101 cm³/mol. The second-order valence-electron chi connectivity index (χ2n) is 5.40. The highest BCUT2D eigenvalue weighted by Crippen LogP contribution is 2.25. The van der Waals surface area contributed by atoms with Gasteiger partial charge in [-0.15, -0.1) is 0 Å². The number of aromatic nitrogens is 2. The van der Waals surface area contributed by atoms with Crippen molar-refractivity contribution < 1.29 is 9.18 Å². The van der Waals surface area contributed by atoms with Crippen LogP contribution in [0.4, 0.5) is 21.6 Å².